The number of hydrogen-bond acceptors (Lipinski definition) is 4. The van der Waals surface area contributed by atoms with Crippen LogP contribution in [-0.4, -0.2) is 37.1 Å². The van der Waals surface area contributed by atoms with Gasteiger partial charge in [-0.25, -0.2) is 0 Å². The molecule has 0 saturated carbocycles. The molecule has 0 aromatic heterocycles. The van der Waals surface area contributed by atoms with Gasteiger partial charge >= 0.3 is 25.7 Å². The Labute approximate surface area is 147 Å². The summed E-state index contributed by atoms with van der Waals surface area (Å²) in [6.07, 6.45) is 10.4. The quantitative estimate of drug-likeness (QED) is 0.329. The minimum Gasteiger partial charge on any atom is -0.416 e. The SMILES string of the molecule is CCCCCCCCCCO[Si](C)(C)O[Si](C)(C)O[Si](C)(C)O. The van der Waals surface area contributed by atoms with Gasteiger partial charge < -0.3 is 17.5 Å². The monoisotopic (exact) mass is 380 g/mol. The summed E-state index contributed by atoms with van der Waals surface area (Å²) in [5.41, 5.74) is 0. The summed E-state index contributed by atoms with van der Waals surface area (Å²) in [4.78, 5) is 9.95. The summed E-state index contributed by atoms with van der Waals surface area (Å²) in [5, 5.41) is 0. The van der Waals surface area contributed by atoms with E-state index in [0.717, 1.165) is 13.0 Å². The molecule has 0 aliphatic carbocycles. The third-order valence-corrected chi connectivity index (χ3v) is 12.2. The zero-order valence-corrected chi connectivity index (χ0v) is 19.5. The Morgan fingerprint density at radius 3 is 1.61 bits per heavy atom. The number of rotatable bonds is 14. The van der Waals surface area contributed by atoms with Crippen LogP contribution in [0.5, 0.6) is 0 Å². The molecule has 0 rings (SSSR count). The van der Waals surface area contributed by atoms with Crippen LogP contribution < -0.4 is 0 Å². The van der Waals surface area contributed by atoms with Gasteiger partial charge in [0.1, 0.15) is 0 Å². The molecule has 0 heterocycles. The Morgan fingerprint density at radius 2 is 1.13 bits per heavy atom. The molecule has 0 saturated heterocycles. The van der Waals surface area contributed by atoms with E-state index in [9.17, 15) is 4.80 Å². The first kappa shape index (κ1) is 23.5. The molecule has 0 unspecified atom stereocenters. The van der Waals surface area contributed by atoms with Crippen molar-refractivity contribution in [2.75, 3.05) is 6.61 Å². The molecule has 0 spiro atoms. The summed E-state index contributed by atoms with van der Waals surface area (Å²) in [6.45, 7) is 14.7. The van der Waals surface area contributed by atoms with Crippen molar-refractivity contribution in [2.45, 2.75) is 97.6 Å². The van der Waals surface area contributed by atoms with E-state index < -0.39 is 25.7 Å². The van der Waals surface area contributed by atoms with E-state index in [1.54, 1.807) is 13.1 Å². The maximum atomic E-state index is 9.95. The van der Waals surface area contributed by atoms with Crippen LogP contribution in [0.2, 0.25) is 39.3 Å². The van der Waals surface area contributed by atoms with Crippen LogP contribution >= 0.6 is 0 Å². The van der Waals surface area contributed by atoms with Crippen molar-refractivity contribution in [1.29, 1.82) is 0 Å². The summed E-state index contributed by atoms with van der Waals surface area (Å²) in [6, 6.07) is 0. The Bertz CT molecular complexity index is 304. The van der Waals surface area contributed by atoms with Gasteiger partial charge in [-0.3, -0.25) is 0 Å². The molecule has 0 aromatic rings. The lowest BCUT2D eigenvalue weighted by atomic mass is 10.1. The fraction of sp³-hybridized carbons (Fsp3) is 1.00. The highest BCUT2D eigenvalue weighted by molar-refractivity contribution is 6.84. The fourth-order valence-electron chi connectivity index (χ4n) is 2.80. The molecule has 0 aliphatic heterocycles. The average molecular weight is 381 g/mol. The van der Waals surface area contributed by atoms with Crippen LogP contribution in [0.4, 0.5) is 0 Å². The molecule has 0 aliphatic rings. The highest BCUT2D eigenvalue weighted by Crippen LogP contribution is 2.20. The molecule has 7 heteroatoms. The predicted molar refractivity (Wildman–Crippen MR) is 105 cm³/mol. The lowest BCUT2D eigenvalue weighted by molar-refractivity contribution is 0.219. The van der Waals surface area contributed by atoms with Crippen molar-refractivity contribution in [3.05, 3.63) is 0 Å². The van der Waals surface area contributed by atoms with Crippen LogP contribution in [0, 0.1) is 0 Å². The van der Waals surface area contributed by atoms with E-state index in [0.29, 0.717) is 0 Å². The summed E-state index contributed by atoms with van der Waals surface area (Å²) in [5.74, 6) is 0. The zero-order chi connectivity index (χ0) is 18.0. The molecule has 140 valence electrons. The number of unbranched alkanes of at least 4 members (excludes halogenated alkanes) is 7. The number of hydrogen-bond donors (Lipinski definition) is 1. The lowest BCUT2D eigenvalue weighted by Crippen LogP contribution is -2.53. The highest BCUT2D eigenvalue weighted by atomic mass is 28.5. The van der Waals surface area contributed by atoms with E-state index in [2.05, 4.69) is 20.0 Å². The normalized spacial score (nSPS) is 13.6. The van der Waals surface area contributed by atoms with Crippen molar-refractivity contribution >= 4 is 25.7 Å². The third kappa shape index (κ3) is 15.7. The molecule has 1 N–H and O–H groups in total. The van der Waals surface area contributed by atoms with E-state index in [1.165, 1.54) is 44.9 Å². The van der Waals surface area contributed by atoms with Crippen molar-refractivity contribution in [3.63, 3.8) is 0 Å². The van der Waals surface area contributed by atoms with Crippen LogP contribution in [0.15, 0.2) is 0 Å². The van der Waals surface area contributed by atoms with E-state index >= 15 is 0 Å². The zero-order valence-electron chi connectivity index (χ0n) is 16.5. The van der Waals surface area contributed by atoms with Gasteiger partial charge in [0.25, 0.3) is 0 Å². The smallest absolute Gasteiger partial charge is 0.322 e. The van der Waals surface area contributed by atoms with Crippen LogP contribution in [0.3, 0.4) is 0 Å². The molecular weight excluding hydrogens is 340 g/mol. The second kappa shape index (κ2) is 11.2. The summed E-state index contributed by atoms with van der Waals surface area (Å²) in [7, 11) is -7.05. The van der Waals surface area contributed by atoms with Gasteiger partial charge in [0.2, 0.25) is 0 Å². The molecule has 4 nitrogen and oxygen atoms in total. The molecule has 0 amide bonds. The minimum atomic E-state index is -2.55. The topological polar surface area (TPSA) is 47.9 Å². The van der Waals surface area contributed by atoms with Crippen molar-refractivity contribution < 1.29 is 17.5 Å². The standard InChI is InChI=1S/C16H40O4Si3/c1-8-9-10-11-12-13-14-15-16-18-22(4,5)20-23(6,7)19-21(2,3)17/h17H,8-16H2,1-7H3. The first-order chi connectivity index (χ1) is 10.5. The van der Waals surface area contributed by atoms with E-state index in [1.807, 2.05) is 13.1 Å². The molecule has 0 radical (unpaired) electrons. The van der Waals surface area contributed by atoms with Gasteiger partial charge in [0.15, 0.2) is 0 Å². The molecule has 0 bridgehead atoms. The largest absolute Gasteiger partial charge is 0.416 e. The minimum absolute atomic E-state index is 0.776. The van der Waals surface area contributed by atoms with Gasteiger partial charge in [0, 0.05) is 6.61 Å². The van der Waals surface area contributed by atoms with Crippen molar-refractivity contribution in [2.24, 2.45) is 0 Å². The molecular formula is C16H40O4Si3. The van der Waals surface area contributed by atoms with E-state index in [4.69, 9.17) is 12.7 Å². The second-order valence-electron chi connectivity index (χ2n) is 7.77. The molecule has 0 aromatic carbocycles. The van der Waals surface area contributed by atoms with Crippen molar-refractivity contribution in [1.82, 2.24) is 0 Å². The van der Waals surface area contributed by atoms with Gasteiger partial charge in [0.05, 0.1) is 0 Å². The molecule has 0 atom stereocenters. The van der Waals surface area contributed by atoms with Crippen LogP contribution in [0.25, 0.3) is 0 Å². The first-order valence-corrected chi connectivity index (χ1v) is 17.7. The highest BCUT2D eigenvalue weighted by Gasteiger charge is 2.40. The van der Waals surface area contributed by atoms with Gasteiger partial charge in [-0.1, -0.05) is 51.9 Å². The average Bonchev–Trinajstić information content (AvgIpc) is 2.32. The maximum Gasteiger partial charge on any atom is 0.322 e. The Kier molecular flexibility index (Phi) is 11.4. The van der Waals surface area contributed by atoms with E-state index in [-0.39, 0.29) is 0 Å². The Hall–Kier alpha value is 0.491. The van der Waals surface area contributed by atoms with Crippen LogP contribution in [-0.2, 0) is 12.7 Å². The summed E-state index contributed by atoms with van der Waals surface area (Å²) >= 11 is 0. The first-order valence-electron chi connectivity index (χ1n) is 9.24. The van der Waals surface area contributed by atoms with Crippen molar-refractivity contribution in [3.8, 4) is 0 Å². The van der Waals surface area contributed by atoms with Gasteiger partial charge in [-0.15, -0.1) is 0 Å². The lowest BCUT2D eigenvalue weighted by Gasteiger charge is -2.35. The Balaban J connectivity index is 3.83. The summed E-state index contributed by atoms with van der Waals surface area (Å²) < 4.78 is 18.0. The predicted octanol–water partition coefficient (Wildman–Crippen LogP) is 5.27. The van der Waals surface area contributed by atoms with Crippen LogP contribution in [0.1, 0.15) is 58.3 Å². The van der Waals surface area contributed by atoms with Gasteiger partial charge in [-0.05, 0) is 45.7 Å². The second-order valence-corrected chi connectivity index (χ2v) is 18.2. The fourth-order valence-corrected chi connectivity index (χ4v) is 13.8. The molecule has 0 fully saturated rings. The Morgan fingerprint density at radius 1 is 0.652 bits per heavy atom. The third-order valence-electron chi connectivity index (χ3n) is 3.43. The maximum absolute atomic E-state index is 9.95. The molecule has 23 heavy (non-hydrogen) atoms. The van der Waals surface area contributed by atoms with Gasteiger partial charge in [-0.2, -0.15) is 0 Å².